The van der Waals surface area contributed by atoms with Crippen molar-refractivity contribution in [2.24, 2.45) is 0 Å². The molecule has 0 bridgehead atoms. The summed E-state index contributed by atoms with van der Waals surface area (Å²) in [5.41, 5.74) is 0.790. The molecule has 1 aliphatic carbocycles. The number of ether oxygens (including phenoxy) is 1. The molecule has 0 spiro atoms. The molecule has 1 N–H and O–H groups in total. The van der Waals surface area contributed by atoms with Crippen LogP contribution in [0.4, 0.5) is 4.39 Å². The number of benzene rings is 1. The SMILES string of the molecule is CNC1CC1c1c(OC)ccc(F)c1Cl. The molecule has 1 aromatic carbocycles. The number of methoxy groups -OCH3 is 1. The molecule has 1 aliphatic rings. The van der Waals surface area contributed by atoms with Crippen molar-refractivity contribution in [2.75, 3.05) is 14.2 Å². The van der Waals surface area contributed by atoms with Crippen molar-refractivity contribution >= 4 is 11.6 Å². The van der Waals surface area contributed by atoms with E-state index < -0.39 is 0 Å². The number of hydrogen-bond donors (Lipinski definition) is 1. The predicted molar refractivity (Wildman–Crippen MR) is 58.2 cm³/mol. The first-order valence-electron chi connectivity index (χ1n) is 4.88. The van der Waals surface area contributed by atoms with Gasteiger partial charge in [-0.3, -0.25) is 0 Å². The Morgan fingerprint density at radius 3 is 2.80 bits per heavy atom. The maximum absolute atomic E-state index is 13.3. The van der Waals surface area contributed by atoms with Crippen LogP contribution in [0.2, 0.25) is 5.02 Å². The van der Waals surface area contributed by atoms with Gasteiger partial charge in [-0.05, 0) is 25.6 Å². The number of nitrogens with one attached hydrogen (secondary N) is 1. The van der Waals surface area contributed by atoms with E-state index in [1.165, 1.54) is 6.07 Å². The molecule has 0 heterocycles. The van der Waals surface area contributed by atoms with E-state index in [-0.39, 0.29) is 16.8 Å². The van der Waals surface area contributed by atoms with E-state index >= 15 is 0 Å². The summed E-state index contributed by atoms with van der Waals surface area (Å²) >= 11 is 5.95. The first-order chi connectivity index (χ1) is 7.19. The lowest BCUT2D eigenvalue weighted by Gasteiger charge is -2.10. The van der Waals surface area contributed by atoms with E-state index in [1.54, 1.807) is 13.2 Å². The first kappa shape index (κ1) is 10.7. The van der Waals surface area contributed by atoms with Crippen molar-refractivity contribution < 1.29 is 9.13 Å². The summed E-state index contributed by atoms with van der Waals surface area (Å²) in [5, 5.41) is 3.34. The van der Waals surface area contributed by atoms with Gasteiger partial charge in [-0.15, -0.1) is 0 Å². The third-order valence-electron chi connectivity index (χ3n) is 2.84. The Morgan fingerprint density at radius 1 is 1.53 bits per heavy atom. The molecular weight excluding hydrogens is 217 g/mol. The second-order valence-electron chi connectivity index (χ2n) is 3.71. The Morgan fingerprint density at radius 2 is 2.27 bits per heavy atom. The van der Waals surface area contributed by atoms with Crippen LogP contribution in [0.1, 0.15) is 17.9 Å². The van der Waals surface area contributed by atoms with Gasteiger partial charge in [-0.2, -0.15) is 0 Å². The Kier molecular flexibility index (Phi) is 2.85. The summed E-state index contributed by atoms with van der Waals surface area (Å²) in [7, 11) is 3.47. The van der Waals surface area contributed by atoms with E-state index in [2.05, 4.69) is 5.32 Å². The molecule has 0 saturated heterocycles. The first-order valence-corrected chi connectivity index (χ1v) is 5.26. The van der Waals surface area contributed by atoms with Crippen LogP contribution in [-0.2, 0) is 0 Å². The average Bonchev–Trinajstić information content (AvgIpc) is 3.00. The van der Waals surface area contributed by atoms with Crippen LogP contribution in [-0.4, -0.2) is 20.2 Å². The summed E-state index contributed by atoms with van der Waals surface area (Å²) in [6.45, 7) is 0. The highest BCUT2D eigenvalue weighted by Crippen LogP contribution is 2.48. The predicted octanol–water partition coefficient (Wildman–Crippen LogP) is 2.56. The van der Waals surface area contributed by atoms with Gasteiger partial charge in [0.25, 0.3) is 0 Å². The number of rotatable bonds is 3. The van der Waals surface area contributed by atoms with Crippen LogP contribution in [0, 0.1) is 5.82 Å². The van der Waals surface area contributed by atoms with Crippen LogP contribution >= 0.6 is 11.6 Å². The third-order valence-corrected chi connectivity index (χ3v) is 3.23. The fourth-order valence-corrected chi connectivity index (χ4v) is 2.20. The lowest BCUT2D eigenvalue weighted by atomic mass is 10.1. The quantitative estimate of drug-likeness (QED) is 0.860. The zero-order chi connectivity index (χ0) is 11.0. The van der Waals surface area contributed by atoms with Gasteiger partial charge in [0.15, 0.2) is 0 Å². The molecule has 1 aromatic rings. The van der Waals surface area contributed by atoms with Crippen molar-refractivity contribution in [1.82, 2.24) is 5.32 Å². The number of hydrogen-bond acceptors (Lipinski definition) is 2. The zero-order valence-corrected chi connectivity index (χ0v) is 9.44. The van der Waals surface area contributed by atoms with Crippen molar-refractivity contribution in [2.45, 2.75) is 18.4 Å². The summed E-state index contributed by atoms with van der Waals surface area (Å²) in [6.07, 6.45) is 0.982. The van der Waals surface area contributed by atoms with E-state index in [1.807, 2.05) is 7.05 Å². The Balaban J connectivity index is 2.39. The van der Waals surface area contributed by atoms with Crippen molar-refractivity contribution in [3.63, 3.8) is 0 Å². The van der Waals surface area contributed by atoms with E-state index in [9.17, 15) is 4.39 Å². The van der Waals surface area contributed by atoms with Crippen LogP contribution < -0.4 is 10.1 Å². The average molecular weight is 230 g/mol. The lowest BCUT2D eigenvalue weighted by Crippen LogP contribution is -2.10. The minimum absolute atomic E-state index is 0.192. The molecule has 82 valence electrons. The third kappa shape index (κ3) is 1.82. The van der Waals surface area contributed by atoms with Gasteiger partial charge in [0.1, 0.15) is 11.6 Å². The molecule has 2 atom stereocenters. The maximum Gasteiger partial charge on any atom is 0.142 e. The minimum Gasteiger partial charge on any atom is -0.496 e. The summed E-state index contributed by atoms with van der Waals surface area (Å²) in [6, 6.07) is 3.35. The molecule has 0 aromatic heterocycles. The molecule has 2 unspecified atom stereocenters. The molecular formula is C11H13ClFNO. The smallest absolute Gasteiger partial charge is 0.142 e. The monoisotopic (exact) mass is 229 g/mol. The van der Waals surface area contributed by atoms with Gasteiger partial charge < -0.3 is 10.1 Å². The van der Waals surface area contributed by atoms with Gasteiger partial charge in [-0.25, -0.2) is 4.39 Å². The van der Waals surface area contributed by atoms with Crippen LogP contribution in [0.3, 0.4) is 0 Å². The van der Waals surface area contributed by atoms with Crippen molar-refractivity contribution in [3.05, 3.63) is 28.5 Å². The normalized spacial score (nSPS) is 24.0. The number of likely N-dealkylation sites (N-methyl/N-ethyl adjacent to an activating group) is 1. The van der Waals surface area contributed by atoms with Gasteiger partial charge in [0, 0.05) is 17.5 Å². The lowest BCUT2D eigenvalue weighted by molar-refractivity contribution is 0.408. The molecule has 2 nitrogen and oxygen atoms in total. The van der Waals surface area contributed by atoms with E-state index in [0.717, 1.165) is 12.0 Å². The maximum atomic E-state index is 13.3. The van der Waals surface area contributed by atoms with E-state index in [0.29, 0.717) is 11.8 Å². The minimum atomic E-state index is -0.380. The highest BCUT2D eigenvalue weighted by Gasteiger charge is 2.40. The highest BCUT2D eigenvalue weighted by molar-refractivity contribution is 6.31. The van der Waals surface area contributed by atoms with Crippen molar-refractivity contribution in [1.29, 1.82) is 0 Å². The fraction of sp³-hybridized carbons (Fsp3) is 0.455. The molecule has 15 heavy (non-hydrogen) atoms. The van der Waals surface area contributed by atoms with Crippen molar-refractivity contribution in [3.8, 4) is 5.75 Å². The van der Waals surface area contributed by atoms with Gasteiger partial charge in [-0.1, -0.05) is 11.6 Å². The summed E-state index contributed by atoms with van der Waals surface area (Å²) < 4.78 is 18.5. The van der Waals surface area contributed by atoms with E-state index in [4.69, 9.17) is 16.3 Å². The standard InChI is InChI=1S/C11H13ClFNO/c1-14-8-5-6(8)10-9(15-2)4-3-7(13)11(10)12/h3-4,6,8,14H,5H2,1-2H3. The molecule has 1 fully saturated rings. The van der Waals surface area contributed by atoms with Crippen LogP contribution in [0.25, 0.3) is 0 Å². The highest BCUT2D eigenvalue weighted by atomic mass is 35.5. The Hall–Kier alpha value is -0.800. The molecule has 0 aliphatic heterocycles. The molecule has 0 amide bonds. The van der Waals surface area contributed by atoms with Gasteiger partial charge in [0.05, 0.1) is 12.1 Å². The van der Waals surface area contributed by atoms with Gasteiger partial charge >= 0.3 is 0 Å². The molecule has 2 rings (SSSR count). The van der Waals surface area contributed by atoms with Gasteiger partial charge in [0.2, 0.25) is 0 Å². The second kappa shape index (κ2) is 3.99. The van der Waals surface area contributed by atoms with Crippen LogP contribution in [0.15, 0.2) is 12.1 Å². The molecule has 4 heteroatoms. The Labute approximate surface area is 93.4 Å². The molecule has 1 saturated carbocycles. The topological polar surface area (TPSA) is 21.3 Å². The summed E-state index contributed by atoms with van der Waals surface area (Å²) in [5.74, 6) is 0.562. The Bertz CT molecular complexity index is 383. The molecule has 0 radical (unpaired) electrons. The fourth-order valence-electron chi connectivity index (χ4n) is 1.91. The second-order valence-corrected chi connectivity index (χ2v) is 4.09. The zero-order valence-electron chi connectivity index (χ0n) is 8.68. The largest absolute Gasteiger partial charge is 0.496 e. The van der Waals surface area contributed by atoms with Crippen LogP contribution in [0.5, 0.6) is 5.75 Å². The number of halogens is 2. The summed E-state index contributed by atoms with van der Waals surface area (Å²) in [4.78, 5) is 0.